The van der Waals surface area contributed by atoms with Crippen LogP contribution in [0.4, 0.5) is 0 Å². The topological polar surface area (TPSA) is 63.7 Å². The fourth-order valence-electron chi connectivity index (χ4n) is 3.86. The Hall–Kier alpha value is -0.330. The minimum Gasteiger partial charge on any atom is -0.461 e. The van der Waals surface area contributed by atoms with Crippen LogP contribution < -0.4 is 0 Å². The van der Waals surface area contributed by atoms with Gasteiger partial charge in [-0.1, -0.05) is 0 Å². The quantitative estimate of drug-likeness (QED) is 0.550. The van der Waals surface area contributed by atoms with Gasteiger partial charge < -0.3 is 9.64 Å². The summed E-state index contributed by atoms with van der Waals surface area (Å²) in [5.74, 6) is -0.156. The zero-order valence-electron chi connectivity index (χ0n) is 9.97. The normalized spacial score (nSPS) is 43.4. The fraction of sp³-hybridized carbons (Fsp3) is 0.909. The van der Waals surface area contributed by atoms with Crippen molar-refractivity contribution in [2.45, 2.75) is 25.4 Å². The SMILES string of the molecule is O=C1CC2(CN3CCC2CC3)C(CS(=O)(=O)Cl)O1. The molecule has 0 aliphatic carbocycles. The molecule has 2 unspecified atom stereocenters. The number of piperidine rings is 3. The van der Waals surface area contributed by atoms with Crippen molar-refractivity contribution in [1.29, 1.82) is 0 Å². The van der Waals surface area contributed by atoms with E-state index in [0.29, 0.717) is 12.3 Å². The standard InChI is InChI=1S/C11H16ClNO4S/c12-18(15,16)6-9-11(5-10(14)17-9)7-13-3-1-8(11)2-4-13/h8-9H,1-7H2. The lowest BCUT2D eigenvalue weighted by Crippen LogP contribution is -2.58. The zero-order chi connectivity index (χ0) is 13.0. The third kappa shape index (κ3) is 2.04. The molecule has 0 amide bonds. The molecule has 4 aliphatic heterocycles. The van der Waals surface area contributed by atoms with Crippen LogP contribution in [-0.2, 0) is 18.6 Å². The monoisotopic (exact) mass is 293 g/mol. The predicted molar refractivity (Wildman–Crippen MR) is 65.7 cm³/mol. The molecule has 0 aromatic rings. The Labute approximate surface area is 111 Å². The second kappa shape index (κ2) is 4.08. The van der Waals surface area contributed by atoms with Crippen LogP contribution in [0.2, 0.25) is 0 Å². The Morgan fingerprint density at radius 1 is 1.39 bits per heavy atom. The van der Waals surface area contributed by atoms with Crippen molar-refractivity contribution in [3.63, 3.8) is 0 Å². The van der Waals surface area contributed by atoms with Gasteiger partial charge >= 0.3 is 5.97 Å². The van der Waals surface area contributed by atoms with Gasteiger partial charge in [0.25, 0.3) is 0 Å². The number of hydrogen-bond acceptors (Lipinski definition) is 5. The maximum Gasteiger partial charge on any atom is 0.306 e. The first-order valence-corrected chi connectivity index (χ1v) is 8.71. The van der Waals surface area contributed by atoms with Crippen molar-refractivity contribution in [3.8, 4) is 0 Å². The van der Waals surface area contributed by atoms with Gasteiger partial charge in [0, 0.05) is 22.6 Å². The third-order valence-corrected chi connectivity index (χ3v) is 5.74. The molecule has 0 aromatic carbocycles. The Morgan fingerprint density at radius 3 is 2.56 bits per heavy atom. The van der Waals surface area contributed by atoms with Gasteiger partial charge in [0.2, 0.25) is 9.05 Å². The number of carbonyl (C=O) groups is 1. The van der Waals surface area contributed by atoms with E-state index in [0.717, 1.165) is 32.5 Å². The summed E-state index contributed by atoms with van der Waals surface area (Å²) in [4.78, 5) is 13.9. The average Bonchev–Trinajstić information content (AvgIpc) is 2.54. The minimum atomic E-state index is -3.65. The van der Waals surface area contributed by atoms with Crippen LogP contribution in [0.3, 0.4) is 0 Å². The molecule has 102 valence electrons. The molecule has 2 bridgehead atoms. The van der Waals surface area contributed by atoms with Gasteiger partial charge in [-0.25, -0.2) is 8.42 Å². The first kappa shape index (κ1) is 12.7. The Balaban J connectivity index is 1.91. The van der Waals surface area contributed by atoms with Gasteiger partial charge in [-0.3, -0.25) is 4.79 Å². The number of esters is 1. The molecule has 1 spiro atoms. The molecule has 18 heavy (non-hydrogen) atoms. The van der Waals surface area contributed by atoms with E-state index in [2.05, 4.69) is 4.90 Å². The van der Waals surface area contributed by atoms with Crippen molar-refractivity contribution in [1.82, 2.24) is 4.90 Å². The van der Waals surface area contributed by atoms with Gasteiger partial charge in [-0.15, -0.1) is 0 Å². The number of fused-ring (bicyclic) bond motifs is 2. The average molecular weight is 294 g/mol. The molecule has 0 aromatic heterocycles. The van der Waals surface area contributed by atoms with E-state index in [-0.39, 0.29) is 17.1 Å². The van der Waals surface area contributed by atoms with Crippen LogP contribution in [0.5, 0.6) is 0 Å². The van der Waals surface area contributed by atoms with E-state index in [1.807, 2.05) is 0 Å². The van der Waals surface area contributed by atoms with Crippen molar-refractivity contribution in [2.75, 3.05) is 25.4 Å². The molecule has 0 N–H and O–H groups in total. The maximum absolute atomic E-state index is 11.6. The molecule has 5 nitrogen and oxygen atoms in total. The molecule has 4 rings (SSSR count). The van der Waals surface area contributed by atoms with E-state index >= 15 is 0 Å². The van der Waals surface area contributed by atoms with Crippen LogP contribution in [0.15, 0.2) is 0 Å². The minimum absolute atomic E-state index is 0.259. The molecule has 4 aliphatic rings. The summed E-state index contributed by atoms with van der Waals surface area (Å²) in [5.41, 5.74) is -0.324. The number of nitrogens with zero attached hydrogens (tertiary/aromatic N) is 1. The molecule has 0 radical (unpaired) electrons. The lowest BCUT2D eigenvalue weighted by Gasteiger charge is -2.52. The molecule has 4 heterocycles. The van der Waals surface area contributed by atoms with E-state index < -0.39 is 15.2 Å². The van der Waals surface area contributed by atoms with Crippen molar-refractivity contribution in [2.24, 2.45) is 11.3 Å². The van der Waals surface area contributed by atoms with Crippen LogP contribution in [-0.4, -0.2) is 50.8 Å². The van der Waals surface area contributed by atoms with Gasteiger partial charge in [0.15, 0.2) is 0 Å². The third-order valence-electron chi connectivity index (χ3n) is 4.66. The molecule has 7 heteroatoms. The zero-order valence-corrected chi connectivity index (χ0v) is 11.5. The van der Waals surface area contributed by atoms with Gasteiger partial charge in [0.1, 0.15) is 11.9 Å². The highest BCUT2D eigenvalue weighted by molar-refractivity contribution is 8.13. The lowest BCUT2D eigenvalue weighted by molar-refractivity contribution is -0.141. The summed E-state index contributed by atoms with van der Waals surface area (Å²) in [6, 6.07) is 0. The van der Waals surface area contributed by atoms with Crippen molar-refractivity contribution in [3.05, 3.63) is 0 Å². The number of hydrogen-bond donors (Lipinski definition) is 0. The summed E-state index contributed by atoms with van der Waals surface area (Å²) in [6.45, 7) is 2.85. The molecule has 4 fully saturated rings. The second-order valence-corrected chi connectivity index (χ2v) is 8.47. The lowest BCUT2D eigenvalue weighted by atomic mass is 9.63. The molecular weight excluding hydrogens is 278 g/mol. The summed E-state index contributed by atoms with van der Waals surface area (Å²) in [7, 11) is 1.69. The smallest absolute Gasteiger partial charge is 0.306 e. The Morgan fingerprint density at radius 2 is 2.06 bits per heavy atom. The Kier molecular flexibility index (Phi) is 2.88. The van der Waals surface area contributed by atoms with E-state index in [1.54, 1.807) is 0 Å². The molecule has 2 atom stereocenters. The van der Waals surface area contributed by atoms with Gasteiger partial charge in [-0.2, -0.15) is 0 Å². The molecule has 0 saturated carbocycles. The number of ether oxygens (including phenoxy) is 1. The maximum atomic E-state index is 11.6. The summed E-state index contributed by atoms with van der Waals surface area (Å²) < 4.78 is 27.8. The Bertz CT molecular complexity index is 471. The molecule has 4 saturated heterocycles. The van der Waals surface area contributed by atoms with Gasteiger partial charge in [-0.05, 0) is 31.8 Å². The summed E-state index contributed by atoms with van der Waals surface area (Å²) in [6.07, 6.45) is 1.82. The van der Waals surface area contributed by atoms with Crippen molar-refractivity contribution >= 4 is 25.7 Å². The summed E-state index contributed by atoms with van der Waals surface area (Å²) in [5, 5.41) is 0. The highest BCUT2D eigenvalue weighted by atomic mass is 35.7. The highest BCUT2D eigenvalue weighted by Crippen LogP contribution is 2.51. The first-order valence-electron chi connectivity index (χ1n) is 6.23. The number of cyclic esters (lactones) is 1. The number of rotatable bonds is 2. The number of halogens is 1. The predicted octanol–water partition coefficient (Wildman–Crippen LogP) is 0.583. The van der Waals surface area contributed by atoms with Gasteiger partial charge in [0.05, 0.1) is 6.42 Å². The highest BCUT2D eigenvalue weighted by Gasteiger charge is 2.58. The van der Waals surface area contributed by atoms with Crippen LogP contribution >= 0.6 is 10.7 Å². The van der Waals surface area contributed by atoms with Crippen LogP contribution in [0.1, 0.15) is 19.3 Å². The fourth-order valence-corrected chi connectivity index (χ4v) is 4.96. The van der Waals surface area contributed by atoms with E-state index in [9.17, 15) is 13.2 Å². The largest absolute Gasteiger partial charge is 0.461 e. The van der Waals surface area contributed by atoms with E-state index in [4.69, 9.17) is 15.4 Å². The molecular formula is C11H16ClNO4S. The van der Waals surface area contributed by atoms with Crippen molar-refractivity contribution < 1.29 is 17.9 Å². The van der Waals surface area contributed by atoms with Crippen LogP contribution in [0.25, 0.3) is 0 Å². The van der Waals surface area contributed by atoms with Crippen LogP contribution in [0, 0.1) is 11.3 Å². The second-order valence-electron chi connectivity index (χ2n) is 5.64. The first-order chi connectivity index (χ1) is 8.39. The summed E-state index contributed by atoms with van der Waals surface area (Å²) >= 11 is 0. The van der Waals surface area contributed by atoms with E-state index in [1.165, 1.54) is 0 Å². The number of carbonyl (C=O) groups excluding carboxylic acids is 1.